The molecule has 0 spiro atoms. The summed E-state index contributed by atoms with van der Waals surface area (Å²) in [6, 6.07) is 4.13. The van der Waals surface area contributed by atoms with Crippen molar-refractivity contribution in [3.05, 3.63) is 21.9 Å². The van der Waals surface area contributed by atoms with Gasteiger partial charge in [-0.1, -0.05) is 39.5 Å². The molecule has 1 rings (SSSR count). The molecule has 1 amide bonds. The normalized spacial score (nSPS) is 11.1. The van der Waals surface area contributed by atoms with Crippen molar-refractivity contribution in [2.24, 2.45) is 5.10 Å². The van der Waals surface area contributed by atoms with Crippen molar-refractivity contribution in [2.75, 3.05) is 0 Å². The van der Waals surface area contributed by atoms with Gasteiger partial charge in [-0.25, -0.2) is 5.43 Å². The number of carbonyl (C=O) groups excluding carboxylic acids is 1. The zero-order chi connectivity index (χ0) is 13.9. The van der Waals surface area contributed by atoms with E-state index in [0.29, 0.717) is 6.42 Å². The van der Waals surface area contributed by atoms with Crippen molar-refractivity contribution in [3.8, 4) is 0 Å². The lowest BCUT2D eigenvalue weighted by Crippen LogP contribution is -2.16. The lowest BCUT2D eigenvalue weighted by Gasteiger charge is -1.99. The summed E-state index contributed by atoms with van der Waals surface area (Å²) >= 11 is 1.71. The first-order valence-electron chi connectivity index (χ1n) is 7.16. The fourth-order valence-corrected chi connectivity index (χ4v) is 2.59. The lowest BCUT2D eigenvalue weighted by atomic mass is 10.1. The maximum Gasteiger partial charge on any atom is 0.240 e. The Morgan fingerprint density at radius 3 is 2.74 bits per heavy atom. The molecule has 1 aromatic rings. The molecule has 0 aliphatic heterocycles. The van der Waals surface area contributed by atoms with E-state index in [1.807, 2.05) is 6.07 Å². The van der Waals surface area contributed by atoms with E-state index in [2.05, 4.69) is 30.4 Å². The first kappa shape index (κ1) is 15.9. The highest BCUT2D eigenvalue weighted by molar-refractivity contribution is 7.13. The Hall–Kier alpha value is -1.16. The first-order chi connectivity index (χ1) is 9.26. The molecule has 1 heterocycles. The molecule has 1 N–H and O–H groups in total. The Morgan fingerprint density at radius 1 is 1.26 bits per heavy atom. The largest absolute Gasteiger partial charge is 0.273 e. The Kier molecular flexibility index (Phi) is 8.14. The molecule has 0 bridgehead atoms. The number of unbranched alkanes of at least 4 members (excludes halogenated alkanes) is 4. The minimum absolute atomic E-state index is 0.0139. The predicted molar refractivity (Wildman–Crippen MR) is 82.8 cm³/mol. The van der Waals surface area contributed by atoms with Crippen LogP contribution in [0, 0.1) is 0 Å². The SMILES string of the molecule is CCCCCCCC(=O)N/N=C/c1ccc(CC)s1. The van der Waals surface area contributed by atoms with Crippen LogP contribution in [0.15, 0.2) is 17.2 Å². The van der Waals surface area contributed by atoms with E-state index in [4.69, 9.17) is 0 Å². The number of hydrogen-bond acceptors (Lipinski definition) is 3. The summed E-state index contributed by atoms with van der Waals surface area (Å²) in [4.78, 5) is 13.9. The average Bonchev–Trinajstić information content (AvgIpc) is 2.86. The van der Waals surface area contributed by atoms with Gasteiger partial charge in [0.1, 0.15) is 0 Å². The van der Waals surface area contributed by atoms with Crippen LogP contribution in [-0.4, -0.2) is 12.1 Å². The van der Waals surface area contributed by atoms with Crippen LogP contribution < -0.4 is 5.43 Å². The van der Waals surface area contributed by atoms with Crippen molar-refractivity contribution in [1.29, 1.82) is 0 Å². The monoisotopic (exact) mass is 280 g/mol. The van der Waals surface area contributed by atoms with Crippen LogP contribution in [0.4, 0.5) is 0 Å². The van der Waals surface area contributed by atoms with Gasteiger partial charge in [-0.05, 0) is 25.0 Å². The summed E-state index contributed by atoms with van der Waals surface area (Å²) in [5.41, 5.74) is 2.59. The van der Waals surface area contributed by atoms with E-state index in [-0.39, 0.29) is 5.91 Å². The van der Waals surface area contributed by atoms with Crippen LogP contribution in [0.25, 0.3) is 0 Å². The van der Waals surface area contributed by atoms with Gasteiger partial charge in [0.25, 0.3) is 0 Å². The second-order valence-corrected chi connectivity index (χ2v) is 5.81. The number of thiophene rings is 1. The molecule has 106 valence electrons. The number of rotatable bonds is 9. The Balaban J connectivity index is 2.15. The van der Waals surface area contributed by atoms with Crippen molar-refractivity contribution in [1.82, 2.24) is 5.43 Å². The summed E-state index contributed by atoms with van der Waals surface area (Å²) in [6.07, 6.45) is 9.15. The molecule has 19 heavy (non-hydrogen) atoms. The van der Waals surface area contributed by atoms with Gasteiger partial charge in [-0.3, -0.25) is 4.79 Å². The Bertz CT molecular complexity index is 399. The second kappa shape index (κ2) is 9.73. The smallest absolute Gasteiger partial charge is 0.240 e. The zero-order valence-corrected chi connectivity index (χ0v) is 12.8. The maximum absolute atomic E-state index is 11.5. The van der Waals surface area contributed by atoms with E-state index in [1.165, 1.54) is 24.1 Å². The number of hydrazone groups is 1. The molecule has 0 saturated carbocycles. The number of nitrogens with one attached hydrogen (secondary N) is 1. The summed E-state index contributed by atoms with van der Waals surface area (Å²) in [6.45, 7) is 4.32. The summed E-state index contributed by atoms with van der Waals surface area (Å²) < 4.78 is 0. The lowest BCUT2D eigenvalue weighted by molar-refractivity contribution is -0.121. The van der Waals surface area contributed by atoms with E-state index in [0.717, 1.165) is 24.1 Å². The van der Waals surface area contributed by atoms with Crippen LogP contribution >= 0.6 is 11.3 Å². The van der Waals surface area contributed by atoms with E-state index in [9.17, 15) is 4.79 Å². The summed E-state index contributed by atoms with van der Waals surface area (Å²) in [5, 5.41) is 3.99. The van der Waals surface area contributed by atoms with Crippen molar-refractivity contribution < 1.29 is 4.79 Å². The first-order valence-corrected chi connectivity index (χ1v) is 7.98. The third-order valence-electron chi connectivity index (χ3n) is 2.92. The molecule has 1 aromatic heterocycles. The van der Waals surface area contributed by atoms with Gasteiger partial charge in [0, 0.05) is 16.2 Å². The number of amides is 1. The van der Waals surface area contributed by atoms with Gasteiger partial charge < -0.3 is 0 Å². The van der Waals surface area contributed by atoms with Crippen molar-refractivity contribution >= 4 is 23.5 Å². The third-order valence-corrected chi connectivity index (χ3v) is 4.08. The number of aryl methyl sites for hydroxylation is 1. The molecule has 0 fully saturated rings. The fraction of sp³-hybridized carbons (Fsp3) is 0.600. The number of hydrogen-bond donors (Lipinski definition) is 1. The average molecular weight is 280 g/mol. The molecule has 0 aliphatic rings. The van der Waals surface area contributed by atoms with Gasteiger partial charge in [0.2, 0.25) is 5.91 Å². The molecular weight excluding hydrogens is 256 g/mol. The molecule has 0 aliphatic carbocycles. The third kappa shape index (κ3) is 7.11. The molecule has 0 aromatic carbocycles. The van der Waals surface area contributed by atoms with E-state index in [1.54, 1.807) is 17.6 Å². The topological polar surface area (TPSA) is 41.5 Å². The molecule has 0 saturated heterocycles. The van der Waals surface area contributed by atoms with Crippen molar-refractivity contribution in [3.63, 3.8) is 0 Å². The maximum atomic E-state index is 11.5. The second-order valence-electron chi connectivity index (χ2n) is 4.62. The minimum atomic E-state index is 0.0139. The van der Waals surface area contributed by atoms with Gasteiger partial charge in [-0.2, -0.15) is 5.10 Å². The Morgan fingerprint density at radius 2 is 2.05 bits per heavy atom. The quantitative estimate of drug-likeness (QED) is 0.412. The number of carbonyl (C=O) groups is 1. The molecule has 3 nitrogen and oxygen atoms in total. The molecule has 4 heteroatoms. The van der Waals surface area contributed by atoms with Gasteiger partial charge in [0.15, 0.2) is 0 Å². The minimum Gasteiger partial charge on any atom is -0.273 e. The fourth-order valence-electron chi connectivity index (χ4n) is 1.77. The molecular formula is C15H24N2OS. The molecule has 0 unspecified atom stereocenters. The van der Waals surface area contributed by atoms with Crippen LogP contribution in [-0.2, 0) is 11.2 Å². The molecule has 0 radical (unpaired) electrons. The van der Waals surface area contributed by atoms with Crippen LogP contribution in [0.3, 0.4) is 0 Å². The van der Waals surface area contributed by atoms with Crippen LogP contribution in [0.5, 0.6) is 0 Å². The summed E-state index contributed by atoms with van der Waals surface area (Å²) in [5.74, 6) is 0.0139. The molecule has 0 atom stereocenters. The highest BCUT2D eigenvalue weighted by atomic mass is 32.1. The number of nitrogens with zero attached hydrogens (tertiary/aromatic N) is 1. The van der Waals surface area contributed by atoms with Crippen molar-refractivity contribution in [2.45, 2.75) is 58.8 Å². The predicted octanol–water partition coefficient (Wildman–Crippen LogP) is 4.12. The highest BCUT2D eigenvalue weighted by Crippen LogP contribution is 2.14. The highest BCUT2D eigenvalue weighted by Gasteiger charge is 1.99. The van der Waals surface area contributed by atoms with E-state index < -0.39 is 0 Å². The zero-order valence-electron chi connectivity index (χ0n) is 11.9. The van der Waals surface area contributed by atoms with Gasteiger partial charge in [-0.15, -0.1) is 11.3 Å². The van der Waals surface area contributed by atoms with Gasteiger partial charge >= 0.3 is 0 Å². The standard InChI is InChI=1S/C15H24N2OS/c1-3-5-6-7-8-9-15(18)17-16-12-14-11-10-13(4-2)19-14/h10-12H,3-9H2,1-2H3,(H,17,18)/b16-12+. The summed E-state index contributed by atoms with van der Waals surface area (Å²) in [7, 11) is 0. The Labute approximate surface area is 120 Å². The van der Waals surface area contributed by atoms with Crippen LogP contribution in [0.1, 0.15) is 62.1 Å². The van der Waals surface area contributed by atoms with E-state index >= 15 is 0 Å². The van der Waals surface area contributed by atoms with Gasteiger partial charge in [0.05, 0.1) is 6.21 Å². The van der Waals surface area contributed by atoms with Crippen LogP contribution in [0.2, 0.25) is 0 Å².